The van der Waals surface area contributed by atoms with E-state index in [-0.39, 0.29) is 0 Å². The first-order chi connectivity index (χ1) is 4.86. The fraction of sp³-hybridized carbons (Fsp3) is 0.500. The van der Waals surface area contributed by atoms with Crippen molar-refractivity contribution >= 4 is 22.9 Å². The summed E-state index contributed by atoms with van der Waals surface area (Å²) in [7, 11) is 1.65. The minimum Gasteiger partial charge on any atom is -0.378 e. The van der Waals surface area contributed by atoms with Gasteiger partial charge in [-0.15, -0.1) is 22.9 Å². The Labute approximate surface area is 68.8 Å². The first-order valence-electron chi connectivity index (χ1n) is 2.85. The quantitative estimate of drug-likeness (QED) is 0.660. The maximum absolute atomic E-state index is 5.55. The lowest BCUT2D eigenvalue weighted by Crippen LogP contribution is -1.87. The second-order valence-electron chi connectivity index (χ2n) is 1.80. The Bertz CT molecular complexity index is 201. The van der Waals surface area contributed by atoms with Gasteiger partial charge in [-0.25, -0.2) is 4.98 Å². The Hall–Kier alpha value is -0.120. The van der Waals surface area contributed by atoms with Gasteiger partial charge in [0.1, 0.15) is 5.01 Å². The Balaban J connectivity index is 2.59. The lowest BCUT2D eigenvalue weighted by molar-refractivity contribution is 0.182. The summed E-state index contributed by atoms with van der Waals surface area (Å²) in [4.78, 5) is 4.18. The van der Waals surface area contributed by atoms with Crippen molar-refractivity contribution < 1.29 is 4.74 Å². The molecule has 0 fully saturated rings. The fourth-order valence-electron chi connectivity index (χ4n) is 0.624. The van der Waals surface area contributed by atoms with Crippen LogP contribution in [0.2, 0.25) is 0 Å². The van der Waals surface area contributed by atoms with Crippen molar-refractivity contribution in [3.8, 4) is 0 Å². The zero-order chi connectivity index (χ0) is 7.40. The second-order valence-corrected chi connectivity index (χ2v) is 3.01. The average Bonchev–Trinajstić information content (AvgIpc) is 2.37. The number of thiazole rings is 1. The third kappa shape index (κ3) is 1.94. The number of rotatable bonds is 3. The molecule has 0 spiro atoms. The van der Waals surface area contributed by atoms with Crippen LogP contribution >= 0.6 is 22.9 Å². The van der Waals surface area contributed by atoms with Crippen LogP contribution in [0.3, 0.4) is 0 Å². The molecule has 1 aromatic rings. The van der Waals surface area contributed by atoms with Crippen LogP contribution in [-0.4, -0.2) is 12.1 Å². The van der Waals surface area contributed by atoms with Gasteiger partial charge >= 0.3 is 0 Å². The van der Waals surface area contributed by atoms with E-state index in [2.05, 4.69) is 4.98 Å². The normalized spacial score (nSPS) is 10.2. The number of ether oxygens (including phenoxy) is 1. The zero-order valence-corrected chi connectivity index (χ0v) is 7.21. The predicted molar refractivity (Wildman–Crippen MR) is 42.4 cm³/mol. The molecule has 4 heteroatoms. The number of hydrogen-bond donors (Lipinski definition) is 0. The van der Waals surface area contributed by atoms with E-state index < -0.39 is 0 Å². The molecule has 56 valence electrons. The van der Waals surface area contributed by atoms with Crippen LogP contribution in [-0.2, 0) is 17.2 Å². The largest absolute Gasteiger partial charge is 0.378 e. The van der Waals surface area contributed by atoms with Crippen LogP contribution in [0.4, 0.5) is 0 Å². The molecule has 2 nitrogen and oxygen atoms in total. The monoisotopic (exact) mass is 177 g/mol. The maximum atomic E-state index is 5.55. The van der Waals surface area contributed by atoms with Gasteiger partial charge in [0, 0.05) is 12.5 Å². The van der Waals surface area contributed by atoms with Crippen LogP contribution in [0.5, 0.6) is 0 Å². The highest BCUT2D eigenvalue weighted by Gasteiger charge is 1.98. The number of aromatic nitrogens is 1. The molecule has 0 aliphatic rings. The first-order valence-corrected chi connectivity index (χ1v) is 4.26. The van der Waals surface area contributed by atoms with Crippen LogP contribution in [0.15, 0.2) is 5.38 Å². The van der Waals surface area contributed by atoms with Gasteiger partial charge in [-0.05, 0) is 0 Å². The Kier molecular flexibility index (Phi) is 3.12. The fourth-order valence-corrected chi connectivity index (χ4v) is 1.50. The highest BCUT2D eigenvalue weighted by atomic mass is 35.5. The Morgan fingerprint density at radius 2 is 2.60 bits per heavy atom. The van der Waals surface area contributed by atoms with E-state index in [9.17, 15) is 0 Å². The first kappa shape index (κ1) is 7.98. The topological polar surface area (TPSA) is 22.1 Å². The molecule has 1 aromatic heterocycles. The second kappa shape index (κ2) is 3.91. The molecule has 0 aliphatic carbocycles. The van der Waals surface area contributed by atoms with Gasteiger partial charge in [0.05, 0.1) is 18.2 Å². The molecule has 0 unspecified atom stereocenters. The highest BCUT2D eigenvalue weighted by Crippen LogP contribution is 2.11. The van der Waals surface area contributed by atoms with E-state index in [0.717, 1.165) is 10.7 Å². The molecule has 0 saturated carbocycles. The van der Waals surface area contributed by atoms with E-state index in [1.54, 1.807) is 18.4 Å². The summed E-state index contributed by atoms with van der Waals surface area (Å²) in [6.45, 7) is 0.577. The van der Waals surface area contributed by atoms with Crippen LogP contribution < -0.4 is 0 Å². The lowest BCUT2D eigenvalue weighted by atomic mass is 10.5. The molecule has 0 saturated heterocycles. The van der Waals surface area contributed by atoms with E-state index in [1.807, 2.05) is 5.38 Å². The van der Waals surface area contributed by atoms with Gasteiger partial charge in [-0.3, -0.25) is 0 Å². The summed E-state index contributed by atoms with van der Waals surface area (Å²) in [6, 6.07) is 0. The number of halogens is 1. The maximum Gasteiger partial charge on any atom is 0.108 e. The van der Waals surface area contributed by atoms with Gasteiger partial charge in [-0.2, -0.15) is 0 Å². The summed E-state index contributed by atoms with van der Waals surface area (Å²) in [5, 5.41) is 2.91. The van der Waals surface area contributed by atoms with Crippen LogP contribution in [0.25, 0.3) is 0 Å². The molecule has 10 heavy (non-hydrogen) atoms. The molecule has 0 amide bonds. The molecule has 0 N–H and O–H groups in total. The molecule has 0 atom stereocenters. The number of alkyl halides is 1. The SMILES string of the molecule is COCc1csc(CCl)n1. The summed E-state index contributed by atoms with van der Waals surface area (Å²) in [5.41, 5.74) is 0.961. The highest BCUT2D eigenvalue weighted by molar-refractivity contribution is 7.09. The van der Waals surface area contributed by atoms with Crippen molar-refractivity contribution in [2.45, 2.75) is 12.5 Å². The summed E-state index contributed by atoms with van der Waals surface area (Å²) in [5.74, 6) is 0.494. The zero-order valence-electron chi connectivity index (χ0n) is 5.63. The molecule has 0 aliphatic heterocycles. The van der Waals surface area contributed by atoms with Gasteiger partial charge in [-0.1, -0.05) is 0 Å². The molecular weight excluding hydrogens is 170 g/mol. The Morgan fingerprint density at radius 3 is 3.10 bits per heavy atom. The molecular formula is C6H8ClNOS. The molecule has 0 aromatic carbocycles. The third-order valence-corrected chi connectivity index (χ3v) is 2.32. The number of hydrogen-bond acceptors (Lipinski definition) is 3. The van der Waals surface area contributed by atoms with E-state index in [0.29, 0.717) is 12.5 Å². The van der Waals surface area contributed by atoms with Crippen molar-refractivity contribution in [3.63, 3.8) is 0 Å². The predicted octanol–water partition coefficient (Wildman–Crippen LogP) is 2.03. The molecule has 0 radical (unpaired) electrons. The van der Waals surface area contributed by atoms with Crippen LogP contribution in [0.1, 0.15) is 10.7 Å². The molecule has 1 rings (SSSR count). The van der Waals surface area contributed by atoms with Crippen molar-refractivity contribution in [1.82, 2.24) is 4.98 Å². The van der Waals surface area contributed by atoms with Crippen molar-refractivity contribution in [1.29, 1.82) is 0 Å². The summed E-state index contributed by atoms with van der Waals surface area (Å²) in [6.07, 6.45) is 0. The Morgan fingerprint density at radius 1 is 1.80 bits per heavy atom. The van der Waals surface area contributed by atoms with E-state index >= 15 is 0 Å². The van der Waals surface area contributed by atoms with Gasteiger partial charge in [0.2, 0.25) is 0 Å². The van der Waals surface area contributed by atoms with Gasteiger partial charge < -0.3 is 4.74 Å². The minimum atomic E-state index is 0.494. The van der Waals surface area contributed by atoms with E-state index in [4.69, 9.17) is 16.3 Å². The smallest absolute Gasteiger partial charge is 0.108 e. The van der Waals surface area contributed by atoms with Gasteiger partial charge in [0.25, 0.3) is 0 Å². The number of nitrogens with zero attached hydrogens (tertiary/aromatic N) is 1. The van der Waals surface area contributed by atoms with E-state index in [1.165, 1.54) is 0 Å². The van der Waals surface area contributed by atoms with Gasteiger partial charge in [0.15, 0.2) is 0 Å². The average molecular weight is 178 g/mol. The van der Waals surface area contributed by atoms with Crippen LogP contribution in [0, 0.1) is 0 Å². The van der Waals surface area contributed by atoms with Crippen molar-refractivity contribution in [3.05, 3.63) is 16.1 Å². The minimum absolute atomic E-state index is 0.494. The standard InChI is InChI=1S/C6H8ClNOS/c1-9-3-5-4-10-6(2-7)8-5/h4H,2-3H2,1H3. The summed E-state index contributed by atoms with van der Waals surface area (Å²) < 4.78 is 4.89. The van der Waals surface area contributed by atoms with Crippen molar-refractivity contribution in [2.75, 3.05) is 7.11 Å². The van der Waals surface area contributed by atoms with Crippen molar-refractivity contribution in [2.24, 2.45) is 0 Å². The third-order valence-electron chi connectivity index (χ3n) is 1.01. The summed E-state index contributed by atoms with van der Waals surface area (Å²) >= 11 is 7.11. The molecule has 1 heterocycles. The number of methoxy groups -OCH3 is 1. The molecule has 0 bridgehead atoms. The lowest BCUT2D eigenvalue weighted by Gasteiger charge is -1.89.